The third-order valence-electron chi connectivity index (χ3n) is 3.76. The standard InChI is InChI=1S/C21H30N4O2.HI/c1-6-22-21(24-14-18-8-7-9-20(25-18)26-5)23-13-17-11-10-16(4)12-19(17)27-15(2)3;/h7-12,15H,6,13-14H2,1-5H3,(H2,22,23,24);1H. The van der Waals surface area contributed by atoms with Crippen molar-refractivity contribution in [1.82, 2.24) is 15.6 Å². The van der Waals surface area contributed by atoms with Gasteiger partial charge in [-0.25, -0.2) is 9.98 Å². The summed E-state index contributed by atoms with van der Waals surface area (Å²) in [7, 11) is 1.61. The number of hydrogen-bond acceptors (Lipinski definition) is 4. The molecule has 0 fully saturated rings. The molecule has 0 unspecified atom stereocenters. The van der Waals surface area contributed by atoms with Crippen LogP contribution in [0.25, 0.3) is 0 Å². The van der Waals surface area contributed by atoms with Gasteiger partial charge >= 0.3 is 0 Å². The second-order valence-corrected chi connectivity index (χ2v) is 6.50. The molecular weight excluding hydrogens is 467 g/mol. The fourth-order valence-electron chi connectivity index (χ4n) is 2.51. The molecule has 0 atom stereocenters. The molecule has 2 aromatic rings. The number of benzene rings is 1. The van der Waals surface area contributed by atoms with Gasteiger partial charge in [0.2, 0.25) is 5.88 Å². The Morgan fingerprint density at radius 1 is 1.18 bits per heavy atom. The Kier molecular flexibility index (Phi) is 10.7. The smallest absolute Gasteiger partial charge is 0.213 e. The summed E-state index contributed by atoms with van der Waals surface area (Å²) in [6.07, 6.45) is 0.125. The van der Waals surface area contributed by atoms with Crippen LogP contribution in [0.2, 0.25) is 0 Å². The number of hydrogen-bond donors (Lipinski definition) is 2. The molecule has 6 nitrogen and oxygen atoms in total. The van der Waals surface area contributed by atoms with Gasteiger partial charge in [0.05, 0.1) is 32.0 Å². The van der Waals surface area contributed by atoms with E-state index in [9.17, 15) is 0 Å². The first-order valence-electron chi connectivity index (χ1n) is 9.30. The van der Waals surface area contributed by atoms with Crippen molar-refractivity contribution < 1.29 is 9.47 Å². The molecule has 0 aliphatic carbocycles. The predicted molar refractivity (Wildman–Crippen MR) is 125 cm³/mol. The Morgan fingerprint density at radius 2 is 1.96 bits per heavy atom. The highest BCUT2D eigenvalue weighted by atomic mass is 127. The van der Waals surface area contributed by atoms with Crippen molar-refractivity contribution in [3.05, 3.63) is 53.2 Å². The van der Waals surface area contributed by atoms with Crippen molar-refractivity contribution in [2.75, 3.05) is 13.7 Å². The Labute approximate surface area is 185 Å². The quantitative estimate of drug-likeness (QED) is 0.327. The van der Waals surface area contributed by atoms with E-state index in [0.29, 0.717) is 19.0 Å². The largest absolute Gasteiger partial charge is 0.491 e. The first kappa shape index (κ1) is 24.0. The van der Waals surface area contributed by atoms with Gasteiger partial charge in [-0.3, -0.25) is 0 Å². The number of rotatable bonds is 8. The van der Waals surface area contributed by atoms with Gasteiger partial charge in [-0.05, 0) is 45.4 Å². The molecule has 0 spiro atoms. The molecule has 0 saturated carbocycles. The molecular formula is C21H31IN4O2. The van der Waals surface area contributed by atoms with Crippen molar-refractivity contribution in [1.29, 1.82) is 0 Å². The number of aromatic nitrogens is 1. The minimum absolute atomic E-state index is 0. The molecule has 0 saturated heterocycles. The molecule has 0 aliphatic rings. The average Bonchev–Trinajstić information content (AvgIpc) is 2.65. The number of methoxy groups -OCH3 is 1. The molecule has 0 amide bonds. The minimum atomic E-state index is 0. The summed E-state index contributed by atoms with van der Waals surface area (Å²) in [6.45, 7) is 10.0. The second-order valence-electron chi connectivity index (χ2n) is 6.50. The van der Waals surface area contributed by atoms with E-state index in [-0.39, 0.29) is 30.1 Å². The number of ether oxygens (including phenoxy) is 2. The molecule has 1 heterocycles. The lowest BCUT2D eigenvalue weighted by atomic mass is 10.1. The number of aryl methyl sites for hydroxylation is 1. The van der Waals surface area contributed by atoms with E-state index in [0.717, 1.165) is 29.5 Å². The van der Waals surface area contributed by atoms with E-state index in [1.807, 2.05) is 39.0 Å². The van der Waals surface area contributed by atoms with E-state index in [2.05, 4.69) is 40.7 Å². The summed E-state index contributed by atoms with van der Waals surface area (Å²) >= 11 is 0. The Morgan fingerprint density at radius 3 is 2.64 bits per heavy atom. The zero-order chi connectivity index (χ0) is 19.6. The van der Waals surface area contributed by atoms with Crippen LogP contribution in [0.15, 0.2) is 41.4 Å². The van der Waals surface area contributed by atoms with Crippen molar-refractivity contribution in [3.8, 4) is 11.6 Å². The van der Waals surface area contributed by atoms with Crippen LogP contribution in [0.3, 0.4) is 0 Å². The summed E-state index contributed by atoms with van der Waals surface area (Å²) < 4.78 is 11.1. The molecule has 7 heteroatoms. The van der Waals surface area contributed by atoms with Gasteiger partial charge in [0, 0.05) is 18.2 Å². The Balaban J connectivity index is 0.00000392. The molecule has 0 aliphatic heterocycles. The van der Waals surface area contributed by atoms with Gasteiger partial charge in [0.15, 0.2) is 5.96 Å². The topological polar surface area (TPSA) is 67.8 Å². The number of pyridine rings is 1. The van der Waals surface area contributed by atoms with Crippen LogP contribution < -0.4 is 20.1 Å². The van der Waals surface area contributed by atoms with Gasteiger partial charge < -0.3 is 20.1 Å². The molecule has 2 N–H and O–H groups in total. The zero-order valence-electron chi connectivity index (χ0n) is 17.3. The van der Waals surface area contributed by atoms with E-state index < -0.39 is 0 Å². The van der Waals surface area contributed by atoms with Crippen LogP contribution in [0.1, 0.15) is 37.6 Å². The van der Waals surface area contributed by atoms with Crippen LogP contribution in [0.5, 0.6) is 11.6 Å². The number of aliphatic imine (C=N–C) groups is 1. The van der Waals surface area contributed by atoms with Crippen LogP contribution in [-0.2, 0) is 13.1 Å². The first-order chi connectivity index (χ1) is 13.0. The number of guanidine groups is 1. The number of halogens is 1. The minimum Gasteiger partial charge on any atom is -0.491 e. The average molecular weight is 498 g/mol. The molecule has 2 rings (SSSR count). The van der Waals surface area contributed by atoms with E-state index in [1.165, 1.54) is 5.56 Å². The highest BCUT2D eigenvalue weighted by molar-refractivity contribution is 14.0. The first-order valence-corrected chi connectivity index (χ1v) is 9.30. The van der Waals surface area contributed by atoms with Crippen LogP contribution in [-0.4, -0.2) is 30.7 Å². The maximum absolute atomic E-state index is 5.94. The number of nitrogens with zero attached hydrogens (tertiary/aromatic N) is 2. The normalized spacial score (nSPS) is 11.0. The van der Waals surface area contributed by atoms with Crippen molar-refractivity contribution in [3.63, 3.8) is 0 Å². The number of nitrogens with one attached hydrogen (secondary N) is 2. The summed E-state index contributed by atoms with van der Waals surface area (Å²) in [5, 5.41) is 6.57. The van der Waals surface area contributed by atoms with E-state index >= 15 is 0 Å². The van der Waals surface area contributed by atoms with Gasteiger partial charge in [-0.2, -0.15) is 0 Å². The van der Waals surface area contributed by atoms with Crippen molar-refractivity contribution in [2.24, 2.45) is 4.99 Å². The maximum Gasteiger partial charge on any atom is 0.213 e. The maximum atomic E-state index is 5.94. The van der Waals surface area contributed by atoms with Crippen LogP contribution >= 0.6 is 24.0 Å². The summed E-state index contributed by atoms with van der Waals surface area (Å²) in [5.41, 5.74) is 3.12. The predicted octanol–water partition coefficient (Wildman–Crippen LogP) is 4.06. The van der Waals surface area contributed by atoms with Crippen LogP contribution in [0, 0.1) is 6.92 Å². The van der Waals surface area contributed by atoms with E-state index in [4.69, 9.17) is 14.5 Å². The molecule has 1 aromatic heterocycles. The summed E-state index contributed by atoms with van der Waals surface area (Å²) in [6, 6.07) is 11.9. The second kappa shape index (κ2) is 12.4. The fourth-order valence-corrected chi connectivity index (χ4v) is 2.51. The summed E-state index contributed by atoms with van der Waals surface area (Å²) in [5.74, 6) is 2.23. The lowest BCUT2D eigenvalue weighted by molar-refractivity contribution is 0.240. The van der Waals surface area contributed by atoms with Gasteiger partial charge in [-0.15, -0.1) is 24.0 Å². The van der Waals surface area contributed by atoms with Gasteiger partial charge in [0.1, 0.15) is 5.75 Å². The molecule has 28 heavy (non-hydrogen) atoms. The van der Waals surface area contributed by atoms with Crippen molar-refractivity contribution in [2.45, 2.75) is 46.9 Å². The third-order valence-corrected chi connectivity index (χ3v) is 3.76. The summed E-state index contributed by atoms with van der Waals surface area (Å²) in [4.78, 5) is 9.10. The highest BCUT2D eigenvalue weighted by Gasteiger charge is 2.07. The van der Waals surface area contributed by atoms with E-state index in [1.54, 1.807) is 7.11 Å². The fraction of sp³-hybridized carbons (Fsp3) is 0.429. The van der Waals surface area contributed by atoms with Crippen LogP contribution in [0.4, 0.5) is 0 Å². The lowest BCUT2D eigenvalue weighted by Gasteiger charge is -2.15. The van der Waals surface area contributed by atoms with Crippen molar-refractivity contribution >= 4 is 29.9 Å². The Hall–Kier alpha value is -2.03. The molecule has 1 aromatic carbocycles. The highest BCUT2D eigenvalue weighted by Crippen LogP contribution is 2.22. The van der Waals surface area contributed by atoms with Gasteiger partial charge in [-0.1, -0.05) is 18.2 Å². The zero-order valence-corrected chi connectivity index (χ0v) is 19.6. The Bertz CT molecular complexity index is 766. The molecule has 0 bridgehead atoms. The third kappa shape index (κ3) is 7.92. The molecule has 0 radical (unpaired) electrons. The lowest BCUT2D eigenvalue weighted by Crippen LogP contribution is -2.37. The SMILES string of the molecule is CCNC(=NCc1ccc(C)cc1OC(C)C)NCc1cccc(OC)n1.I. The van der Waals surface area contributed by atoms with Gasteiger partial charge in [0.25, 0.3) is 0 Å². The molecule has 154 valence electrons. The monoisotopic (exact) mass is 498 g/mol.